The van der Waals surface area contributed by atoms with Gasteiger partial charge in [-0.3, -0.25) is 9.59 Å². The molecule has 0 aromatic carbocycles. The Balaban J connectivity index is 1.84. The maximum absolute atomic E-state index is 12.6. The number of hydrogen-bond donors (Lipinski definition) is 4. The highest BCUT2D eigenvalue weighted by Crippen LogP contribution is 2.74. The minimum absolute atomic E-state index is 0.0248. The topological polar surface area (TPSA) is 134 Å². The van der Waals surface area contributed by atoms with E-state index in [-0.39, 0.29) is 24.5 Å². The van der Waals surface area contributed by atoms with Crippen molar-refractivity contribution in [2.24, 2.45) is 22.7 Å². The Kier molecular flexibility index (Phi) is 3.51. The fraction of sp³-hybridized carbons (Fsp3) is 0.714. The predicted molar refractivity (Wildman–Crippen MR) is 97.4 cm³/mol. The molecule has 2 bridgehead atoms. The molecule has 2 saturated carbocycles. The lowest BCUT2D eigenvalue weighted by atomic mass is 9.36. The van der Waals surface area contributed by atoms with Crippen LogP contribution in [0.3, 0.4) is 0 Å². The summed E-state index contributed by atoms with van der Waals surface area (Å²) in [5, 5.41) is 44.3. The van der Waals surface area contributed by atoms with Crippen LogP contribution in [0.25, 0.3) is 0 Å². The number of ketones is 1. The third-order valence-corrected chi connectivity index (χ3v) is 8.89. The highest BCUT2D eigenvalue weighted by molar-refractivity contribution is 5.96. The van der Waals surface area contributed by atoms with Gasteiger partial charge < -0.3 is 29.9 Å². The fourth-order valence-electron chi connectivity index (χ4n) is 7.49. The molecule has 4 N–H and O–H groups in total. The number of aliphatic hydroxyl groups excluding tert-OH is 3. The van der Waals surface area contributed by atoms with E-state index in [2.05, 4.69) is 0 Å². The summed E-state index contributed by atoms with van der Waals surface area (Å²) >= 11 is 0. The van der Waals surface area contributed by atoms with Crippen molar-refractivity contribution in [3.63, 3.8) is 0 Å². The summed E-state index contributed by atoms with van der Waals surface area (Å²) in [5.41, 5.74) is -4.72. The predicted octanol–water partition coefficient (Wildman–Crippen LogP) is 0.157. The second-order valence-corrected chi connectivity index (χ2v) is 9.76. The van der Waals surface area contributed by atoms with Crippen LogP contribution >= 0.6 is 0 Å². The lowest BCUT2D eigenvalue weighted by Crippen LogP contribution is -2.80. The Morgan fingerprint density at radius 2 is 1.90 bits per heavy atom. The van der Waals surface area contributed by atoms with Crippen molar-refractivity contribution >= 4 is 11.8 Å². The summed E-state index contributed by atoms with van der Waals surface area (Å²) in [4.78, 5) is 25.1. The lowest BCUT2D eigenvalue weighted by molar-refractivity contribution is -0.289. The van der Waals surface area contributed by atoms with Gasteiger partial charge in [-0.1, -0.05) is 12.5 Å². The van der Waals surface area contributed by atoms with Crippen molar-refractivity contribution in [1.29, 1.82) is 0 Å². The number of rotatable bonds is 0. The van der Waals surface area contributed by atoms with Gasteiger partial charge in [0.1, 0.15) is 29.5 Å². The molecule has 5 rings (SSSR count). The summed E-state index contributed by atoms with van der Waals surface area (Å²) in [6.07, 6.45) is -1.42. The van der Waals surface area contributed by atoms with Crippen molar-refractivity contribution in [3.05, 3.63) is 23.5 Å². The van der Waals surface area contributed by atoms with Crippen LogP contribution in [0.2, 0.25) is 0 Å². The highest BCUT2D eigenvalue weighted by Gasteiger charge is 2.85. The second-order valence-electron chi connectivity index (χ2n) is 9.76. The van der Waals surface area contributed by atoms with Gasteiger partial charge in [0.05, 0.1) is 24.7 Å². The molecule has 8 heteroatoms. The van der Waals surface area contributed by atoms with Crippen LogP contribution < -0.4 is 0 Å². The number of ether oxygens (including phenoxy) is 2. The number of allylic oxidation sites excluding steroid dienone is 1. The van der Waals surface area contributed by atoms with Gasteiger partial charge in [0.15, 0.2) is 5.78 Å². The van der Waals surface area contributed by atoms with E-state index < -0.39 is 58.0 Å². The van der Waals surface area contributed by atoms with Crippen molar-refractivity contribution < 1.29 is 39.5 Å². The lowest BCUT2D eigenvalue weighted by Gasteiger charge is -2.69. The SMILES string of the molecule is CC1=CC(=O)C(O)C2(C)C1CC1OC(=O)CC3(O)C4(C)OCC13C2C(=CO)C4O. The molecule has 29 heavy (non-hydrogen) atoms. The van der Waals surface area contributed by atoms with E-state index in [0.29, 0.717) is 6.42 Å². The molecular formula is C21H26O8. The van der Waals surface area contributed by atoms with Gasteiger partial charge in [0.25, 0.3) is 0 Å². The first-order valence-corrected chi connectivity index (χ1v) is 9.97. The summed E-state index contributed by atoms with van der Waals surface area (Å²) in [5.74, 6) is -2.22. The van der Waals surface area contributed by atoms with Crippen LogP contribution in [0, 0.1) is 22.7 Å². The van der Waals surface area contributed by atoms with Crippen LogP contribution in [0.1, 0.15) is 33.6 Å². The molecule has 158 valence electrons. The molecule has 4 fully saturated rings. The number of esters is 1. The van der Waals surface area contributed by atoms with Crippen LogP contribution in [-0.4, -0.2) is 68.3 Å². The van der Waals surface area contributed by atoms with Crippen molar-refractivity contribution in [1.82, 2.24) is 0 Å². The van der Waals surface area contributed by atoms with Gasteiger partial charge in [0.2, 0.25) is 0 Å². The number of carbonyl (C=O) groups is 2. The zero-order chi connectivity index (χ0) is 21.1. The standard InChI is InChI=1S/C21H26O8/c1-9-4-12(23)17(26)18(2)11(9)5-13-20-8-28-19(3,16(25)10(7-22)15(18)20)21(20,27)6-14(24)29-13/h4,7,11,13,15-17,22,25-27H,5-6,8H2,1-3H3. The monoisotopic (exact) mass is 406 g/mol. The Labute approximate surface area is 167 Å². The Morgan fingerprint density at radius 3 is 2.55 bits per heavy atom. The zero-order valence-corrected chi connectivity index (χ0v) is 16.6. The summed E-state index contributed by atoms with van der Waals surface area (Å²) in [7, 11) is 0. The molecule has 5 aliphatic rings. The van der Waals surface area contributed by atoms with Crippen LogP contribution in [0.15, 0.2) is 23.5 Å². The third kappa shape index (κ3) is 1.74. The quantitative estimate of drug-likeness (QED) is 0.330. The smallest absolute Gasteiger partial charge is 0.309 e. The highest BCUT2D eigenvalue weighted by atomic mass is 16.6. The summed E-state index contributed by atoms with van der Waals surface area (Å²) in [6.45, 7) is 5.05. The molecule has 0 aromatic rings. The normalized spacial score (nSPS) is 57.1. The molecule has 9 atom stereocenters. The molecule has 8 nitrogen and oxygen atoms in total. The van der Waals surface area contributed by atoms with E-state index in [0.717, 1.165) is 11.8 Å². The Morgan fingerprint density at radius 1 is 1.21 bits per heavy atom. The van der Waals surface area contributed by atoms with E-state index >= 15 is 0 Å². The first kappa shape index (κ1) is 19.2. The molecule has 9 unspecified atom stereocenters. The van der Waals surface area contributed by atoms with E-state index in [1.165, 1.54) is 13.0 Å². The average molecular weight is 406 g/mol. The van der Waals surface area contributed by atoms with E-state index in [1.807, 2.05) is 0 Å². The van der Waals surface area contributed by atoms with Crippen molar-refractivity contribution in [2.45, 2.75) is 63.1 Å². The Bertz CT molecular complexity index is 893. The molecule has 2 saturated heterocycles. The van der Waals surface area contributed by atoms with E-state index in [1.54, 1.807) is 13.8 Å². The molecule has 0 aromatic heterocycles. The van der Waals surface area contributed by atoms with E-state index in [9.17, 15) is 30.0 Å². The third-order valence-electron chi connectivity index (χ3n) is 8.89. The molecular weight excluding hydrogens is 380 g/mol. The van der Waals surface area contributed by atoms with Gasteiger partial charge >= 0.3 is 5.97 Å². The van der Waals surface area contributed by atoms with Gasteiger partial charge in [-0.25, -0.2) is 0 Å². The second kappa shape index (κ2) is 5.29. The Hall–Kier alpha value is -1.74. The molecule has 1 spiro atoms. The van der Waals surface area contributed by atoms with Crippen molar-refractivity contribution in [3.8, 4) is 0 Å². The van der Waals surface area contributed by atoms with Gasteiger partial charge in [0, 0.05) is 16.9 Å². The van der Waals surface area contributed by atoms with Gasteiger partial charge in [-0.15, -0.1) is 0 Å². The zero-order valence-electron chi connectivity index (χ0n) is 16.6. The first-order valence-electron chi connectivity index (χ1n) is 9.97. The maximum Gasteiger partial charge on any atom is 0.309 e. The summed E-state index contributed by atoms with van der Waals surface area (Å²) in [6, 6.07) is 0. The largest absolute Gasteiger partial charge is 0.516 e. The number of carbonyl (C=O) groups excluding carboxylic acids is 2. The summed E-state index contributed by atoms with van der Waals surface area (Å²) < 4.78 is 11.7. The molecule has 0 radical (unpaired) electrons. The minimum atomic E-state index is -1.78. The number of fused-ring (bicyclic) bond motifs is 2. The average Bonchev–Trinajstić information content (AvgIpc) is 2.81. The molecule has 3 aliphatic carbocycles. The van der Waals surface area contributed by atoms with Gasteiger partial charge in [-0.2, -0.15) is 0 Å². The van der Waals surface area contributed by atoms with E-state index in [4.69, 9.17) is 9.47 Å². The molecule has 0 amide bonds. The fourth-order valence-corrected chi connectivity index (χ4v) is 7.49. The van der Waals surface area contributed by atoms with Crippen molar-refractivity contribution in [2.75, 3.05) is 6.61 Å². The molecule has 2 heterocycles. The molecule has 2 aliphatic heterocycles. The van der Waals surface area contributed by atoms with Gasteiger partial charge in [-0.05, 0) is 32.3 Å². The van der Waals surface area contributed by atoms with Crippen LogP contribution in [-0.2, 0) is 19.1 Å². The van der Waals surface area contributed by atoms with Crippen LogP contribution in [0.4, 0.5) is 0 Å². The minimum Gasteiger partial charge on any atom is -0.516 e. The first-order chi connectivity index (χ1) is 13.5. The van der Waals surface area contributed by atoms with Crippen LogP contribution in [0.5, 0.6) is 0 Å². The maximum atomic E-state index is 12.6. The number of aliphatic hydroxyl groups is 4. The number of hydrogen-bond acceptors (Lipinski definition) is 8.